The van der Waals surface area contributed by atoms with Gasteiger partial charge in [0.15, 0.2) is 0 Å². The van der Waals surface area contributed by atoms with E-state index < -0.39 is 5.54 Å². The SMILES string of the molecule is Cc1ccc(N2CC(=O)NC3(CCCC3)C2=O)cc1Br. The van der Waals surface area contributed by atoms with Crippen molar-refractivity contribution in [1.82, 2.24) is 5.32 Å². The minimum absolute atomic E-state index is 0.0327. The first kappa shape index (κ1) is 13.6. The van der Waals surface area contributed by atoms with E-state index >= 15 is 0 Å². The van der Waals surface area contributed by atoms with Gasteiger partial charge in [0.2, 0.25) is 5.91 Å². The van der Waals surface area contributed by atoms with Gasteiger partial charge in [-0.2, -0.15) is 0 Å². The van der Waals surface area contributed by atoms with E-state index in [1.807, 2.05) is 25.1 Å². The average Bonchev–Trinajstić information content (AvgIpc) is 2.86. The van der Waals surface area contributed by atoms with Gasteiger partial charge in [0.05, 0.1) is 0 Å². The highest BCUT2D eigenvalue weighted by molar-refractivity contribution is 9.10. The average molecular weight is 337 g/mol. The molecule has 1 aliphatic heterocycles. The fourth-order valence-corrected chi connectivity index (χ4v) is 3.48. The van der Waals surface area contributed by atoms with Crippen LogP contribution in [0.5, 0.6) is 0 Å². The maximum Gasteiger partial charge on any atom is 0.253 e. The Labute approximate surface area is 126 Å². The molecule has 4 nitrogen and oxygen atoms in total. The summed E-state index contributed by atoms with van der Waals surface area (Å²) in [6.45, 7) is 2.10. The number of halogens is 1. The molecular weight excluding hydrogens is 320 g/mol. The number of carbonyl (C=O) groups excluding carboxylic acids is 2. The molecule has 5 heteroatoms. The Balaban J connectivity index is 1.97. The van der Waals surface area contributed by atoms with Crippen LogP contribution >= 0.6 is 15.9 Å². The van der Waals surface area contributed by atoms with E-state index in [0.29, 0.717) is 0 Å². The van der Waals surface area contributed by atoms with E-state index in [9.17, 15) is 9.59 Å². The summed E-state index contributed by atoms with van der Waals surface area (Å²) >= 11 is 3.48. The van der Waals surface area contributed by atoms with Gasteiger partial charge in [0.1, 0.15) is 12.1 Å². The molecule has 20 heavy (non-hydrogen) atoms. The van der Waals surface area contributed by atoms with E-state index in [0.717, 1.165) is 41.4 Å². The van der Waals surface area contributed by atoms with Crippen LogP contribution in [0.1, 0.15) is 31.2 Å². The Bertz CT molecular complexity index is 579. The summed E-state index contributed by atoms with van der Waals surface area (Å²) < 4.78 is 0.953. The van der Waals surface area contributed by atoms with Crippen LogP contribution in [-0.2, 0) is 9.59 Å². The van der Waals surface area contributed by atoms with Gasteiger partial charge in [0.25, 0.3) is 5.91 Å². The van der Waals surface area contributed by atoms with Gasteiger partial charge in [-0.15, -0.1) is 0 Å². The lowest BCUT2D eigenvalue weighted by Crippen LogP contribution is -2.65. The van der Waals surface area contributed by atoms with Crippen molar-refractivity contribution in [3.05, 3.63) is 28.2 Å². The van der Waals surface area contributed by atoms with Gasteiger partial charge in [-0.05, 0) is 37.5 Å². The summed E-state index contributed by atoms with van der Waals surface area (Å²) in [5.74, 6) is -0.0337. The van der Waals surface area contributed by atoms with Crippen LogP contribution in [0.2, 0.25) is 0 Å². The van der Waals surface area contributed by atoms with Gasteiger partial charge in [-0.3, -0.25) is 9.59 Å². The predicted molar refractivity (Wildman–Crippen MR) is 80.6 cm³/mol. The summed E-state index contributed by atoms with van der Waals surface area (Å²) in [5.41, 5.74) is 1.24. The first-order valence-electron chi connectivity index (χ1n) is 6.91. The molecule has 0 unspecified atom stereocenters. The monoisotopic (exact) mass is 336 g/mol. The van der Waals surface area contributed by atoms with Crippen LogP contribution in [0, 0.1) is 6.92 Å². The number of hydrogen-bond donors (Lipinski definition) is 1. The number of anilines is 1. The van der Waals surface area contributed by atoms with Crippen LogP contribution < -0.4 is 10.2 Å². The van der Waals surface area contributed by atoms with Crippen molar-refractivity contribution >= 4 is 33.4 Å². The van der Waals surface area contributed by atoms with Crippen molar-refractivity contribution in [3.63, 3.8) is 0 Å². The van der Waals surface area contributed by atoms with Crippen molar-refractivity contribution in [1.29, 1.82) is 0 Å². The second kappa shape index (κ2) is 4.88. The molecule has 1 aromatic rings. The summed E-state index contributed by atoms with van der Waals surface area (Å²) in [4.78, 5) is 26.4. The van der Waals surface area contributed by atoms with E-state index in [-0.39, 0.29) is 18.4 Å². The Morgan fingerprint density at radius 3 is 2.60 bits per heavy atom. The van der Waals surface area contributed by atoms with Crippen LogP contribution in [0.25, 0.3) is 0 Å². The quantitative estimate of drug-likeness (QED) is 0.856. The molecule has 106 valence electrons. The number of piperazine rings is 1. The standard InChI is InChI=1S/C15H17BrN2O2/c1-10-4-5-11(8-12(10)16)18-9-13(19)17-15(14(18)20)6-2-3-7-15/h4-5,8H,2-3,6-7,9H2,1H3,(H,17,19). The third-order valence-electron chi connectivity index (χ3n) is 4.26. The van der Waals surface area contributed by atoms with Crippen LogP contribution in [0.3, 0.4) is 0 Å². The van der Waals surface area contributed by atoms with Crippen molar-refractivity contribution in [2.45, 2.75) is 38.1 Å². The first-order valence-corrected chi connectivity index (χ1v) is 7.70. The molecule has 0 bridgehead atoms. The highest BCUT2D eigenvalue weighted by Crippen LogP contribution is 2.35. The predicted octanol–water partition coefficient (Wildman–Crippen LogP) is 2.53. The molecule has 1 saturated heterocycles. The van der Waals surface area contributed by atoms with E-state index in [4.69, 9.17) is 0 Å². The molecule has 0 radical (unpaired) electrons. The van der Waals surface area contributed by atoms with E-state index in [2.05, 4.69) is 21.2 Å². The lowest BCUT2D eigenvalue weighted by atomic mass is 9.92. The Morgan fingerprint density at radius 1 is 1.25 bits per heavy atom. The van der Waals surface area contributed by atoms with Gasteiger partial charge in [-0.25, -0.2) is 0 Å². The molecule has 1 spiro atoms. The molecule has 1 N–H and O–H groups in total. The van der Waals surface area contributed by atoms with Gasteiger partial charge in [0, 0.05) is 10.2 Å². The molecule has 1 aromatic carbocycles. The van der Waals surface area contributed by atoms with Crippen molar-refractivity contribution in [2.24, 2.45) is 0 Å². The fraction of sp³-hybridized carbons (Fsp3) is 0.467. The number of benzene rings is 1. The highest BCUT2D eigenvalue weighted by atomic mass is 79.9. The van der Waals surface area contributed by atoms with Gasteiger partial charge < -0.3 is 10.2 Å². The minimum Gasteiger partial charge on any atom is -0.340 e. The number of aryl methyl sites for hydroxylation is 1. The van der Waals surface area contributed by atoms with Gasteiger partial charge >= 0.3 is 0 Å². The maximum atomic E-state index is 12.8. The van der Waals surface area contributed by atoms with E-state index in [1.54, 1.807) is 4.90 Å². The third kappa shape index (κ3) is 2.14. The van der Waals surface area contributed by atoms with Crippen LogP contribution in [0.4, 0.5) is 5.69 Å². The van der Waals surface area contributed by atoms with Gasteiger partial charge in [-0.1, -0.05) is 34.8 Å². The molecule has 1 saturated carbocycles. The summed E-state index contributed by atoms with van der Waals surface area (Å²) in [7, 11) is 0. The third-order valence-corrected chi connectivity index (χ3v) is 5.11. The Hall–Kier alpha value is -1.36. The molecule has 2 aliphatic rings. The molecule has 0 aromatic heterocycles. The Morgan fingerprint density at radius 2 is 1.95 bits per heavy atom. The molecule has 2 amide bonds. The molecular formula is C15H17BrN2O2. The summed E-state index contributed by atoms with van der Waals surface area (Å²) in [5, 5.41) is 2.93. The number of hydrogen-bond acceptors (Lipinski definition) is 2. The number of rotatable bonds is 1. The molecule has 1 aliphatic carbocycles. The van der Waals surface area contributed by atoms with Crippen molar-refractivity contribution in [2.75, 3.05) is 11.4 Å². The molecule has 0 atom stereocenters. The zero-order chi connectivity index (χ0) is 14.3. The molecule has 3 rings (SSSR count). The van der Waals surface area contributed by atoms with Crippen molar-refractivity contribution in [3.8, 4) is 0 Å². The molecule has 1 heterocycles. The topological polar surface area (TPSA) is 49.4 Å². The highest BCUT2D eigenvalue weighted by Gasteiger charge is 2.48. The lowest BCUT2D eigenvalue weighted by molar-refractivity contribution is -0.135. The zero-order valence-corrected chi connectivity index (χ0v) is 13.0. The second-order valence-corrected chi connectivity index (χ2v) is 6.52. The summed E-state index contributed by atoms with van der Waals surface area (Å²) in [6, 6.07) is 5.77. The first-order chi connectivity index (χ1) is 9.52. The number of carbonyl (C=O) groups is 2. The maximum absolute atomic E-state index is 12.8. The molecule has 2 fully saturated rings. The normalized spacial score (nSPS) is 21.4. The fourth-order valence-electron chi connectivity index (χ4n) is 3.11. The number of amides is 2. The Kier molecular flexibility index (Phi) is 3.32. The lowest BCUT2D eigenvalue weighted by Gasteiger charge is -2.39. The second-order valence-electron chi connectivity index (χ2n) is 5.66. The zero-order valence-electron chi connectivity index (χ0n) is 11.4. The summed E-state index contributed by atoms with van der Waals surface area (Å²) in [6.07, 6.45) is 3.50. The van der Waals surface area contributed by atoms with Crippen molar-refractivity contribution < 1.29 is 9.59 Å². The van der Waals surface area contributed by atoms with Crippen LogP contribution in [0.15, 0.2) is 22.7 Å². The number of nitrogens with one attached hydrogen (secondary N) is 1. The van der Waals surface area contributed by atoms with Crippen LogP contribution in [-0.4, -0.2) is 23.9 Å². The van der Waals surface area contributed by atoms with E-state index in [1.165, 1.54) is 0 Å². The smallest absolute Gasteiger partial charge is 0.253 e. The number of nitrogens with zero attached hydrogens (tertiary/aromatic N) is 1. The largest absolute Gasteiger partial charge is 0.340 e. The minimum atomic E-state index is -0.660.